The van der Waals surface area contributed by atoms with E-state index in [2.05, 4.69) is 26.2 Å². The molecule has 0 aliphatic carbocycles. The highest BCUT2D eigenvalue weighted by Gasteiger charge is 2.18. The predicted octanol–water partition coefficient (Wildman–Crippen LogP) is 2.98. The Balaban J connectivity index is 1.96. The molecule has 0 radical (unpaired) electrons. The molecule has 0 saturated heterocycles. The molecule has 5 heteroatoms. The normalized spacial score (nSPS) is 18.9. The van der Waals surface area contributed by atoms with Gasteiger partial charge in [0.25, 0.3) is 0 Å². The third-order valence-electron chi connectivity index (χ3n) is 3.13. The van der Waals surface area contributed by atoms with E-state index in [0.29, 0.717) is 17.3 Å². The Kier molecular flexibility index (Phi) is 5.34. The van der Waals surface area contributed by atoms with Crippen LogP contribution in [0.3, 0.4) is 0 Å². The summed E-state index contributed by atoms with van der Waals surface area (Å²) in [5, 5.41) is 3.21. The topological polar surface area (TPSA) is 33.6 Å². The molecule has 0 bridgehead atoms. The molecule has 104 valence electrons. The second-order valence-corrected chi connectivity index (χ2v) is 5.46. The Morgan fingerprint density at radius 3 is 3.00 bits per heavy atom. The lowest BCUT2D eigenvalue weighted by Gasteiger charge is -2.23. The van der Waals surface area contributed by atoms with Crippen molar-refractivity contribution < 1.29 is 9.13 Å². The minimum absolute atomic E-state index is 0.256. The van der Waals surface area contributed by atoms with E-state index < -0.39 is 0 Å². The summed E-state index contributed by atoms with van der Waals surface area (Å²) in [5.74, 6) is 0.861. The molecule has 0 aromatic heterocycles. The second-order valence-electron chi connectivity index (χ2n) is 4.55. The molecule has 1 aromatic rings. The lowest BCUT2D eigenvalue weighted by Crippen LogP contribution is -2.37. The molecule has 0 spiro atoms. The molecule has 1 atom stereocenters. The van der Waals surface area contributed by atoms with Gasteiger partial charge in [0.2, 0.25) is 0 Å². The Bertz CT molecular complexity index is 465. The summed E-state index contributed by atoms with van der Waals surface area (Å²) in [6.07, 6.45) is 0.987. The Morgan fingerprint density at radius 2 is 2.37 bits per heavy atom. The number of rotatable bonds is 5. The summed E-state index contributed by atoms with van der Waals surface area (Å²) >= 11 is 3.25. The van der Waals surface area contributed by atoms with Crippen LogP contribution in [0.15, 0.2) is 27.7 Å². The van der Waals surface area contributed by atoms with E-state index in [1.807, 2.05) is 13.0 Å². The maximum absolute atomic E-state index is 13.8. The summed E-state index contributed by atoms with van der Waals surface area (Å²) in [6.45, 7) is 5.05. The van der Waals surface area contributed by atoms with Crippen LogP contribution in [0.4, 0.5) is 4.39 Å². The molecule has 1 aromatic carbocycles. The monoisotopic (exact) mass is 328 g/mol. The maximum Gasteiger partial charge on any atom is 0.135 e. The Labute approximate surface area is 121 Å². The molecule has 1 heterocycles. The number of benzene rings is 1. The van der Waals surface area contributed by atoms with Crippen molar-refractivity contribution in [2.45, 2.75) is 13.3 Å². The lowest BCUT2D eigenvalue weighted by molar-refractivity contribution is 0.132. The van der Waals surface area contributed by atoms with Crippen molar-refractivity contribution in [3.63, 3.8) is 0 Å². The minimum atomic E-state index is -0.256. The molecule has 0 fully saturated rings. The number of hydrogen-bond donors (Lipinski definition) is 1. The van der Waals surface area contributed by atoms with Crippen LogP contribution in [0, 0.1) is 11.7 Å². The van der Waals surface area contributed by atoms with E-state index in [1.165, 1.54) is 6.07 Å². The number of nitrogens with zero attached hydrogens (tertiary/aromatic N) is 1. The highest BCUT2D eigenvalue weighted by Crippen LogP contribution is 2.17. The fourth-order valence-corrected chi connectivity index (χ4v) is 2.36. The fraction of sp³-hybridized carbons (Fsp3) is 0.500. The van der Waals surface area contributed by atoms with E-state index >= 15 is 0 Å². The first-order chi connectivity index (χ1) is 9.20. The molecule has 0 unspecified atom stereocenters. The standard InChI is InChI=1S/C14H18BrFN2O/c1-2-19-6-5-10-8-17-14(18-9-10)12-4-3-11(15)7-13(12)16/h3-4,7,10H,2,5-6,8-9H2,1H3,(H,17,18). The Hall–Kier alpha value is -0.940. The van der Waals surface area contributed by atoms with Crippen LogP contribution < -0.4 is 5.32 Å². The number of halogens is 2. The van der Waals surface area contributed by atoms with Gasteiger partial charge in [-0.3, -0.25) is 4.99 Å². The van der Waals surface area contributed by atoms with E-state index in [0.717, 1.165) is 37.2 Å². The van der Waals surface area contributed by atoms with Crippen LogP contribution in [0.5, 0.6) is 0 Å². The van der Waals surface area contributed by atoms with Crippen LogP contribution >= 0.6 is 15.9 Å². The average molecular weight is 329 g/mol. The van der Waals surface area contributed by atoms with Crippen LogP contribution in [0.25, 0.3) is 0 Å². The summed E-state index contributed by atoms with van der Waals surface area (Å²) in [4.78, 5) is 4.45. The van der Waals surface area contributed by atoms with E-state index in [4.69, 9.17) is 4.74 Å². The zero-order valence-corrected chi connectivity index (χ0v) is 12.5. The highest BCUT2D eigenvalue weighted by molar-refractivity contribution is 9.10. The van der Waals surface area contributed by atoms with Gasteiger partial charge in [0, 0.05) is 30.8 Å². The molecule has 2 rings (SSSR count). The van der Waals surface area contributed by atoms with Gasteiger partial charge in [0.15, 0.2) is 0 Å². The zero-order chi connectivity index (χ0) is 13.7. The molecule has 1 aliphatic heterocycles. The number of amidine groups is 1. The minimum Gasteiger partial charge on any atom is -0.382 e. The van der Waals surface area contributed by atoms with Crippen LogP contribution in [-0.4, -0.2) is 32.1 Å². The summed E-state index contributed by atoms with van der Waals surface area (Å²) in [5.41, 5.74) is 0.534. The SMILES string of the molecule is CCOCC[C@@H]1CN=C(c2ccc(Br)cc2F)NC1. The van der Waals surface area contributed by atoms with Gasteiger partial charge >= 0.3 is 0 Å². The molecule has 1 N–H and O–H groups in total. The van der Waals surface area contributed by atoms with E-state index in [9.17, 15) is 4.39 Å². The smallest absolute Gasteiger partial charge is 0.135 e. The third-order valence-corrected chi connectivity index (χ3v) is 3.62. The van der Waals surface area contributed by atoms with Gasteiger partial charge in [-0.1, -0.05) is 15.9 Å². The van der Waals surface area contributed by atoms with Gasteiger partial charge in [-0.05, 0) is 37.5 Å². The number of nitrogens with one attached hydrogen (secondary N) is 1. The third kappa shape index (κ3) is 4.01. The van der Waals surface area contributed by atoms with Crippen LogP contribution in [0.2, 0.25) is 0 Å². The summed E-state index contributed by atoms with van der Waals surface area (Å²) < 4.78 is 19.9. The van der Waals surface area contributed by atoms with Gasteiger partial charge < -0.3 is 10.1 Å². The number of hydrogen-bond acceptors (Lipinski definition) is 3. The van der Waals surface area contributed by atoms with Crippen LogP contribution in [-0.2, 0) is 4.74 Å². The first-order valence-electron chi connectivity index (χ1n) is 6.52. The average Bonchev–Trinajstić information content (AvgIpc) is 2.40. The van der Waals surface area contributed by atoms with Gasteiger partial charge in [0.05, 0.1) is 5.56 Å². The molecule has 1 aliphatic rings. The van der Waals surface area contributed by atoms with Gasteiger partial charge in [-0.15, -0.1) is 0 Å². The predicted molar refractivity (Wildman–Crippen MR) is 78.1 cm³/mol. The molecule has 3 nitrogen and oxygen atoms in total. The first-order valence-corrected chi connectivity index (χ1v) is 7.31. The molecule has 0 saturated carbocycles. The maximum atomic E-state index is 13.8. The quantitative estimate of drug-likeness (QED) is 0.843. The fourth-order valence-electron chi connectivity index (χ4n) is 2.03. The molecular weight excluding hydrogens is 311 g/mol. The molecular formula is C14H18BrFN2O. The van der Waals surface area contributed by atoms with Crippen molar-refractivity contribution in [1.82, 2.24) is 5.32 Å². The lowest BCUT2D eigenvalue weighted by atomic mass is 10.0. The van der Waals surface area contributed by atoms with E-state index in [1.54, 1.807) is 6.07 Å². The Morgan fingerprint density at radius 1 is 1.53 bits per heavy atom. The van der Waals surface area contributed by atoms with Crippen molar-refractivity contribution in [3.05, 3.63) is 34.1 Å². The van der Waals surface area contributed by atoms with Gasteiger partial charge in [0.1, 0.15) is 11.7 Å². The van der Waals surface area contributed by atoms with Crippen molar-refractivity contribution in [1.29, 1.82) is 0 Å². The van der Waals surface area contributed by atoms with Crippen molar-refractivity contribution in [3.8, 4) is 0 Å². The number of ether oxygens (including phenoxy) is 1. The van der Waals surface area contributed by atoms with Gasteiger partial charge in [-0.25, -0.2) is 4.39 Å². The van der Waals surface area contributed by atoms with Crippen molar-refractivity contribution in [2.75, 3.05) is 26.3 Å². The van der Waals surface area contributed by atoms with Crippen molar-refractivity contribution in [2.24, 2.45) is 10.9 Å². The summed E-state index contributed by atoms with van der Waals surface area (Å²) in [7, 11) is 0. The summed E-state index contributed by atoms with van der Waals surface area (Å²) in [6, 6.07) is 5.02. The molecule has 0 amide bonds. The molecule has 19 heavy (non-hydrogen) atoms. The van der Waals surface area contributed by atoms with Crippen LogP contribution in [0.1, 0.15) is 18.9 Å². The van der Waals surface area contributed by atoms with Gasteiger partial charge in [-0.2, -0.15) is 0 Å². The van der Waals surface area contributed by atoms with Crippen molar-refractivity contribution >= 4 is 21.8 Å². The highest BCUT2D eigenvalue weighted by atomic mass is 79.9. The van der Waals surface area contributed by atoms with E-state index in [-0.39, 0.29) is 5.82 Å². The second kappa shape index (κ2) is 7.01. The first kappa shape index (κ1) is 14.5. The number of aliphatic imine (C=N–C) groups is 1. The zero-order valence-electron chi connectivity index (χ0n) is 11.0. The largest absolute Gasteiger partial charge is 0.382 e.